The second kappa shape index (κ2) is 7.73. The Labute approximate surface area is 146 Å². The molecule has 1 aromatic heterocycles. The Morgan fingerprint density at radius 1 is 1.29 bits per heavy atom. The van der Waals surface area contributed by atoms with Crippen molar-refractivity contribution in [3.05, 3.63) is 41.3 Å². The molecule has 0 atom stereocenters. The van der Waals surface area contributed by atoms with Crippen LogP contribution in [0.1, 0.15) is 35.9 Å². The van der Waals surface area contributed by atoms with Gasteiger partial charge in [-0.15, -0.1) is 11.3 Å². The van der Waals surface area contributed by atoms with Crippen molar-refractivity contribution in [1.82, 2.24) is 5.32 Å². The van der Waals surface area contributed by atoms with Gasteiger partial charge in [-0.3, -0.25) is 9.59 Å². The molecule has 1 aromatic carbocycles. The standard InChI is InChI=1S/C19H22N2O2S/c1-2-19(23)21(15-8-10-20-11-9-15)16-12-17(24-18(16)13-22)14-6-4-3-5-7-14/h3-7,12-13,15,20H,2,8-11H2,1H3. The van der Waals surface area contributed by atoms with E-state index in [2.05, 4.69) is 5.32 Å². The van der Waals surface area contributed by atoms with E-state index in [0.29, 0.717) is 11.3 Å². The molecule has 0 saturated carbocycles. The number of nitrogens with zero attached hydrogens (tertiary/aromatic N) is 1. The first-order valence-electron chi connectivity index (χ1n) is 8.41. The number of aldehydes is 1. The van der Waals surface area contributed by atoms with Crippen molar-refractivity contribution in [1.29, 1.82) is 0 Å². The predicted molar refractivity (Wildman–Crippen MR) is 98.8 cm³/mol. The van der Waals surface area contributed by atoms with Crippen LogP contribution in [0, 0.1) is 0 Å². The van der Waals surface area contributed by atoms with Crippen molar-refractivity contribution in [2.75, 3.05) is 18.0 Å². The molecule has 0 unspecified atom stereocenters. The summed E-state index contributed by atoms with van der Waals surface area (Å²) in [6.07, 6.45) is 3.16. The fourth-order valence-electron chi connectivity index (χ4n) is 3.18. The summed E-state index contributed by atoms with van der Waals surface area (Å²) in [5, 5.41) is 3.33. The van der Waals surface area contributed by atoms with Gasteiger partial charge in [0.1, 0.15) is 0 Å². The van der Waals surface area contributed by atoms with Crippen LogP contribution < -0.4 is 10.2 Å². The molecular formula is C19H22N2O2S. The number of carbonyl (C=O) groups excluding carboxylic acids is 2. The van der Waals surface area contributed by atoms with Gasteiger partial charge >= 0.3 is 0 Å². The number of hydrogen-bond donors (Lipinski definition) is 1. The topological polar surface area (TPSA) is 49.4 Å². The average molecular weight is 342 g/mol. The maximum Gasteiger partial charge on any atom is 0.227 e. The molecule has 2 heterocycles. The highest BCUT2D eigenvalue weighted by Gasteiger charge is 2.29. The number of amides is 1. The van der Waals surface area contributed by atoms with E-state index < -0.39 is 0 Å². The summed E-state index contributed by atoms with van der Waals surface area (Å²) < 4.78 is 0. The minimum Gasteiger partial charge on any atom is -0.317 e. The Hall–Kier alpha value is -1.98. The molecule has 24 heavy (non-hydrogen) atoms. The molecule has 1 aliphatic heterocycles. The smallest absolute Gasteiger partial charge is 0.227 e. The van der Waals surface area contributed by atoms with Crippen molar-refractivity contribution in [3.8, 4) is 10.4 Å². The Bertz CT molecular complexity index is 705. The van der Waals surface area contributed by atoms with Crippen molar-refractivity contribution in [3.63, 3.8) is 0 Å². The quantitative estimate of drug-likeness (QED) is 0.843. The zero-order valence-electron chi connectivity index (χ0n) is 13.8. The van der Waals surface area contributed by atoms with Gasteiger partial charge in [-0.25, -0.2) is 0 Å². The second-order valence-electron chi connectivity index (χ2n) is 5.94. The Morgan fingerprint density at radius 3 is 2.62 bits per heavy atom. The fourth-order valence-corrected chi connectivity index (χ4v) is 4.15. The van der Waals surface area contributed by atoms with Crippen LogP contribution in [0.5, 0.6) is 0 Å². The molecule has 1 amide bonds. The molecule has 0 bridgehead atoms. The SMILES string of the molecule is CCC(=O)N(c1cc(-c2ccccc2)sc1C=O)C1CCNCC1. The third-order valence-corrected chi connectivity index (χ3v) is 5.51. The number of carbonyl (C=O) groups is 2. The lowest BCUT2D eigenvalue weighted by atomic mass is 10.0. The first-order valence-corrected chi connectivity index (χ1v) is 9.23. The lowest BCUT2D eigenvalue weighted by Crippen LogP contribution is -2.46. The lowest BCUT2D eigenvalue weighted by molar-refractivity contribution is -0.118. The molecule has 1 aliphatic rings. The highest BCUT2D eigenvalue weighted by molar-refractivity contribution is 7.17. The highest BCUT2D eigenvalue weighted by Crippen LogP contribution is 2.37. The van der Waals surface area contributed by atoms with Crippen LogP contribution >= 0.6 is 11.3 Å². The van der Waals surface area contributed by atoms with Crippen molar-refractivity contribution in [2.45, 2.75) is 32.2 Å². The number of hydrogen-bond acceptors (Lipinski definition) is 4. The molecule has 3 rings (SSSR count). The van der Waals surface area contributed by atoms with Gasteiger partial charge in [-0.1, -0.05) is 37.3 Å². The summed E-state index contributed by atoms with van der Waals surface area (Å²) in [6.45, 7) is 3.69. The number of anilines is 1. The van der Waals surface area contributed by atoms with E-state index in [4.69, 9.17) is 0 Å². The second-order valence-corrected chi connectivity index (χ2v) is 7.03. The lowest BCUT2D eigenvalue weighted by Gasteiger charge is -2.34. The van der Waals surface area contributed by atoms with Gasteiger partial charge in [0, 0.05) is 17.3 Å². The molecule has 126 valence electrons. The molecule has 5 heteroatoms. The third kappa shape index (κ3) is 3.42. The third-order valence-electron chi connectivity index (χ3n) is 4.41. The molecule has 2 aromatic rings. The van der Waals surface area contributed by atoms with E-state index in [1.54, 1.807) is 0 Å². The van der Waals surface area contributed by atoms with Crippen molar-refractivity contribution in [2.24, 2.45) is 0 Å². The molecule has 1 saturated heterocycles. The number of rotatable bonds is 5. The normalized spacial score (nSPS) is 15.2. The molecule has 4 nitrogen and oxygen atoms in total. The number of piperidine rings is 1. The van der Waals surface area contributed by atoms with E-state index in [-0.39, 0.29) is 11.9 Å². The van der Waals surface area contributed by atoms with E-state index in [1.165, 1.54) is 11.3 Å². The molecule has 0 aliphatic carbocycles. The summed E-state index contributed by atoms with van der Waals surface area (Å²) >= 11 is 1.46. The van der Waals surface area contributed by atoms with Gasteiger partial charge in [-0.2, -0.15) is 0 Å². The predicted octanol–water partition coefficient (Wildman–Crippen LogP) is 3.72. The first-order chi connectivity index (χ1) is 11.7. The molecule has 0 radical (unpaired) electrons. The Kier molecular flexibility index (Phi) is 5.43. The summed E-state index contributed by atoms with van der Waals surface area (Å²) in [4.78, 5) is 27.8. The zero-order chi connectivity index (χ0) is 16.9. The molecular weight excluding hydrogens is 320 g/mol. The van der Waals surface area contributed by atoms with Crippen LogP contribution in [0.2, 0.25) is 0 Å². The Balaban J connectivity index is 2.01. The van der Waals surface area contributed by atoms with Crippen LogP contribution in [0.4, 0.5) is 5.69 Å². The van der Waals surface area contributed by atoms with E-state index in [9.17, 15) is 9.59 Å². The van der Waals surface area contributed by atoms with Crippen LogP contribution in [0.3, 0.4) is 0 Å². The van der Waals surface area contributed by atoms with E-state index in [0.717, 1.165) is 48.3 Å². The fraction of sp³-hybridized carbons (Fsp3) is 0.368. The van der Waals surface area contributed by atoms with Crippen LogP contribution in [0.25, 0.3) is 10.4 Å². The maximum atomic E-state index is 12.6. The average Bonchev–Trinajstić information content (AvgIpc) is 3.07. The van der Waals surface area contributed by atoms with Crippen LogP contribution in [-0.4, -0.2) is 31.3 Å². The maximum absolute atomic E-state index is 12.6. The van der Waals surface area contributed by atoms with Gasteiger partial charge in [0.2, 0.25) is 5.91 Å². The first kappa shape index (κ1) is 16.9. The molecule has 1 fully saturated rings. The number of thiophene rings is 1. The monoisotopic (exact) mass is 342 g/mol. The minimum absolute atomic E-state index is 0.0856. The van der Waals surface area contributed by atoms with Gasteiger partial charge in [0.25, 0.3) is 0 Å². The summed E-state index contributed by atoms with van der Waals surface area (Å²) in [7, 11) is 0. The Morgan fingerprint density at radius 2 is 2.00 bits per heavy atom. The number of nitrogens with one attached hydrogen (secondary N) is 1. The van der Waals surface area contributed by atoms with Crippen molar-refractivity contribution < 1.29 is 9.59 Å². The highest BCUT2D eigenvalue weighted by atomic mass is 32.1. The largest absolute Gasteiger partial charge is 0.317 e. The minimum atomic E-state index is 0.0856. The number of benzene rings is 1. The van der Waals surface area contributed by atoms with E-state index in [1.807, 2.05) is 48.2 Å². The van der Waals surface area contributed by atoms with Gasteiger partial charge < -0.3 is 10.2 Å². The van der Waals surface area contributed by atoms with Crippen LogP contribution in [0.15, 0.2) is 36.4 Å². The summed E-state index contributed by atoms with van der Waals surface area (Å²) in [5.41, 5.74) is 1.85. The van der Waals surface area contributed by atoms with E-state index >= 15 is 0 Å². The molecule has 0 spiro atoms. The van der Waals surface area contributed by atoms with Gasteiger partial charge in [0.15, 0.2) is 6.29 Å². The van der Waals surface area contributed by atoms with Crippen molar-refractivity contribution >= 4 is 29.2 Å². The zero-order valence-corrected chi connectivity index (χ0v) is 14.6. The summed E-state index contributed by atoms with van der Waals surface area (Å²) in [5.74, 6) is 0.0856. The van der Waals surface area contributed by atoms with Gasteiger partial charge in [-0.05, 0) is 37.6 Å². The van der Waals surface area contributed by atoms with Crippen LogP contribution in [-0.2, 0) is 4.79 Å². The molecule has 1 N–H and O–H groups in total. The van der Waals surface area contributed by atoms with Gasteiger partial charge in [0.05, 0.1) is 10.6 Å². The summed E-state index contributed by atoms with van der Waals surface area (Å²) in [6, 6.07) is 12.2.